The molecule has 0 unspecified atom stereocenters. The maximum absolute atomic E-state index is 10.9. The van der Waals surface area contributed by atoms with Crippen molar-refractivity contribution in [3.05, 3.63) is 11.3 Å². The maximum atomic E-state index is 10.9. The summed E-state index contributed by atoms with van der Waals surface area (Å²) in [7, 11) is 0. The Hall–Kier alpha value is -1.16. The first kappa shape index (κ1) is 10.8. The van der Waals surface area contributed by atoms with Gasteiger partial charge in [-0.25, -0.2) is 0 Å². The highest BCUT2D eigenvalue weighted by atomic mass is 16.3. The van der Waals surface area contributed by atoms with Crippen LogP contribution < -0.4 is 5.32 Å². The molecule has 0 saturated heterocycles. The second-order valence-corrected chi connectivity index (χ2v) is 2.39. The first-order valence-electron chi connectivity index (χ1n) is 3.70. The van der Waals surface area contributed by atoms with E-state index in [4.69, 9.17) is 10.5 Å². The topological polar surface area (TPSA) is 73.2 Å². The van der Waals surface area contributed by atoms with Gasteiger partial charge in [0, 0.05) is 18.5 Å². The van der Waals surface area contributed by atoms with Crippen molar-refractivity contribution < 1.29 is 9.90 Å². The minimum absolute atomic E-state index is 0.0144. The highest BCUT2D eigenvalue weighted by molar-refractivity contribution is 6.11. The van der Waals surface area contributed by atoms with E-state index < -0.39 is 0 Å². The molecule has 0 aliphatic carbocycles. The smallest absolute Gasteiger partial charge is 0.163 e. The van der Waals surface area contributed by atoms with Gasteiger partial charge < -0.3 is 15.8 Å². The minimum atomic E-state index is -0.145. The van der Waals surface area contributed by atoms with Crippen LogP contribution in [0.5, 0.6) is 0 Å². The zero-order valence-corrected chi connectivity index (χ0v) is 7.35. The summed E-state index contributed by atoms with van der Waals surface area (Å²) in [4.78, 5) is 10.9. The molecule has 0 atom stereocenters. The van der Waals surface area contributed by atoms with E-state index in [-0.39, 0.29) is 12.4 Å². The Balaban J connectivity index is 4.38. The lowest BCUT2D eigenvalue weighted by molar-refractivity contribution is -0.113. The minimum Gasteiger partial charge on any atom is -0.395 e. The molecular weight excluding hydrogens is 156 g/mol. The zero-order valence-electron chi connectivity index (χ0n) is 7.35. The van der Waals surface area contributed by atoms with E-state index in [9.17, 15) is 4.79 Å². The molecule has 0 heterocycles. The summed E-state index contributed by atoms with van der Waals surface area (Å²) in [6.45, 7) is 3.53. The lowest BCUT2D eigenvalue weighted by Crippen LogP contribution is -2.19. The van der Waals surface area contributed by atoms with Gasteiger partial charge in [-0.1, -0.05) is 0 Å². The number of carbonyl (C=O) groups excluding carboxylic acids is 1. The number of rotatable bonds is 5. The van der Waals surface area contributed by atoms with Crippen molar-refractivity contribution in [1.82, 2.24) is 5.32 Å². The van der Waals surface area contributed by atoms with Gasteiger partial charge >= 0.3 is 0 Å². The molecule has 0 fully saturated rings. The van der Waals surface area contributed by atoms with Gasteiger partial charge in [0.25, 0.3) is 0 Å². The van der Waals surface area contributed by atoms with E-state index >= 15 is 0 Å². The number of hydrogen-bond donors (Lipinski definition) is 3. The molecule has 0 radical (unpaired) electrons. The molecule has 0 saturated carbocycles. The average Bonchev–Trinajstić information content (AvgIpc) is 2.01. The normalized spacial score (nSPS) is 11.9. The van der Waals surface area contributed by atoms with Crippen LogP contribution in [0.3, 0.4) is 0 Å². The summed E-state index contributed by atoms with van der Waals surface area (Å²) in [6.07, 6.45) is 1.02. The first-order chi connectivity index (χ1) is 5.63. The van der Waals surface area contributed by atoms with Crippen molar-refractivity contribution >= 4 is 12.0 Å². The molecule has 0 bridgehead atoms. The van der Waals surface area contributed by atoms with Crippen molar-refractivity contribution in [3.63, 3.8) is 0 Å². The summed E-state index contributed by atoms with van der Waals surface area (Å²) < 4.78 is 0. The number of aliphatic hydroxyl groups is 1. The fraction of sp³-hybridized carbons (Fsp3) is 0.500. The van der Waals surface area contributed by atoms with Gasteiger partial charge in [0.2, 0.25) is 0 Å². The summed E-state index contributed by atoms with van der Waals surface area (Å²) >= 11 is 0. The molecule has 0 aliphatic rings. The summed E-state index contributed by atoms with van der Waals surface area (Å²) in [5.74, 6) is -0.145. The Kier molecular flexibility index (Phi) is 4.96. The molecule has 4 heteroatoms. The van der Waals surface area contributed by atoms with Crippen LogP contribution in [-0.2, 0) is 4.79 Å². The van der Waals surface area contributed by atoms with Gasteiger partial charge in [0.15, 0.2) is 5.78 Å². The molecule has 0 rings (SSSR count). The Morgan fingerprint density at radius 3 is 2.50 bits per heavy atom. The van der Waals surface area contributed by atoms with Gasteiger partial charge in [0.1, 0.15) is 0 Å². The van der Waals surface area contributed by atoms with E-state index in [1.165, 1.54) is 6.92 Å². The van der Waals surface area contributed by atoms with E-state index in [2.05, 4.69) is 5.32 Å². The number of ketones is 1. The van der Waals surface area contributed by atoms with Gasteiger partial charge in [-0.3, -0.25) is 4.79 Å². The molecule has 0 amide bonds. The molecule has 0 aromatic heterocycles. The molecule has 0 aromatic rings. The monoisotopic (exact) mass is 170 g/mol. The van der Waals surface area contributed by atoms with E-state index in [1.54, 1.807) is 6.92 Å². The third kappa shape index (κ3) is 3.30. The number of hydrogen-bond acceptors (Lipinski definition) is 4. The largest absolute Gasteiger partial charge is 0.395 e. The number of nitrogens with one attached hydrogen (secondary N) is 2. The number of carbonyl (C=O) groups is 1. The third-order valence-electron chi connectivity index (χ3n) is 1.43. The van der Waals surface area contributed by atoms with Gasteiger partial charge in [-0.15, -0.1) is 0 Å². The predicted octanol–water partition coefficient (Wildman–Crippen LogP) is 0.0809. The fourth-order valence-electron chi connectivity index (χ4n) is 0.813. The number of Topliss-reactive ketones (excluding diaryl/α,β-unsaturated/α-hetero) is 1. The Morgan fingerprint density at radius 2 is 2.17 bits per heavy atom. The van der Waals surface area contributed by atoms with E-state index in [1.807, 2.05) is 0 Å². The fourth-order valence-corrected chi connectivity index (χ4v) is 0.813. The van der Waals surface area contributed by atoms with Crippen molar-refractivity contribution in [3.8, 4) is 0 Å². The molecule has 4 nitrogen and oxygen atoms in total. The number of aliphatic hydroxyl groups excluding tert-OH is 1. The Bertz CT molecular complexity index is 209. The lowest BCUT2D eigenvalue weighted by atomic mass is 10.1. The van der Waals surface area contributed by atoms with Crippen LogP contribution in [0, 0.1) is 5.41 Å². The van der Waals surface area contributed by atoms with Crippen molar-refractivity contribution in [2.45, 2.75) is 13.8 Å². The van der Waals surface area contributed by atoms with Crippen molar-refractivity contribution in [1.29, 1.82) is 5.41 Å². The van der Waals surface area contributed by atoms with Crippen LogP contribution >= 0.6 is 0 Å². The summed E-state index contributed by atoms with van der Waals surface area (Å²) in [5, 5.41) is 18.3. The highest BCUT2D eigenvalue weighted by Gasteiger charge is 2.03. The quantitative estimate of drug-likeness (QED) is 0.404. The van der Waals surface area contributed by atoms with E-state index in [0.29, 0.717) is 17.8 Å². The van der Waals surface area contributed by atoms with Crippen LogP contribution in [-0.4, -0.2) is 30.3 Å². The lowest BCUT2D eigenvalue weighted by Gasteiger charge is -2.06. The molecule has 0 spiro atoms. The second kappa shape index (κ2) is 5.49. The molecule has 3 N–H and O–H groups in total. The van der Waals surface area contributed by atoms with Gasteiger partial charge in [-0.2, -0.15) is 0 Å². The van der Waals surface area contributed by atoms with Gasteiger partial charge in [0.05, 0.1) is 12.2 Å². The Morgan fingerprint density at radius 1 is 1.58 bits per heavy atom. The molecular formula is C8H14N2O2. The molecule has 68 valence electrons. The Labute approximate surface area is 71.8 Å². The summed E-state index contributed by atoms with van der Waals surface area (Å²) in [6, 6.07) is 0. The summed E-state index contributed by atoms with van der Waals surface area (Å²) in [5.41, 5.74) is 0.981. The average molecular weight is 170 g/mol. The first-order valence-corrected chi connectivity index (χ1v) is 3.70. The standard InChI is InChI=1S/C8H14N2O2/c1-6(10-3-4-11)8(5-9)7(2)12/h5,9-11H,3-4H2,1-2H3/b8-6+,9-5?. The van der Waals surface area contributed by atoms with Crippen LogP contribution in [0.25, 0.3) is 0 Å². The van der Waals surface area contributed by atoms with Crippen molar-refractivity contribution in [2.24, 2.45) is 0 Å². The highest BCUT2D eigenvalue weighted by Crippen LogP contribution is 1.98. The molecule has 12 heavy (non-hydrogen) atoms. The zero-order chi connectivity index (χ0) is 9.56. The van der Waals surface area contributed by atoms with Crippen LogP contribution in [0.2, 0.25) is 0 Å². The van der Waals surface area contributed by atoms with Crippen LogP contribution in [0.1, 0.15) is 13.8 Å². The van der Waals surface area contributed by atoms with Crippen LogP contribution in [0.4, 0.5) is 0 Å². The predicted molar refractivity (Wildman–Crippen MR) is 47.3 cm³/mol. The van der Waals surface area contributed by atoms with E-state index in [0.717, 1.165) is 6.21 Å². The van der Waals surface area contributed by atoms with Crippen molar-refractivity contribution in [2.75, 3.05) is 13.2 Å². The number of allylic oxidation sites excluding steroid dienone is 2. The van der Waals surface area contributed by atoms with Gasteiger partial charge in [-0.05, 0) is 13.8 Å². The molecule has 0 aromatic carbocycles. The molecule has 0 aliphatic heterocycles. The third-order valence-corrected chi connectivity index (χ3v) is 1.43. The van der Waals surface area contributed by atoms with Crippen LogP contribution in [0.15, 0.2) is 11.3 Å². The maximum Gasteiger partial charge on any atom is 0.163 e. The second-order valence-electron chi connectivity index (χ2n) is 2.39. The SMILES string of the molecule is CC(=O)/C(C=N)=C(\C)NCCO.